The molecule has 1 aromatic heterocycles. The quantitative estimate of drug-likeness (QED) is 0.500. The fraction of sp³-hybridized carbons (Fsp3) is 0.375. The third kappa shape index (κ3) is 3.94. The van der Waals surface area contributed by atoms with E-state index in [-0.39, 0.29) is 39.5 Å². The van der Waals surface area contributed by atoms with Crippen molar-refractivity contribution in [2.45, 2.75) is 52.1 Å². The Balaban J connectivity index is 1.92. The number of ether oxygens (including phenoxy) is 1. The Morgan fingerprint density at radius 2 is 2.30 bits per heavy atom. The molecule has 2 aromatic carbocycles. The van der Waals surface area contributed by atoms with Crippen LogP contribution in [0.25, 0.3) is 27.7 Å². The summed E-state index contributed by atoms with van der Waals surface area (Å²) >= 11 is 0. The Kier molecular flexibility index (Phi) is 2.96. The van der Waals surface area contributed by atoms with E-state index < -0.39 is 80.0 Å². The lowest BCUT2D eigenvalue weighted by Gasteiger charge is -2.13. The van der Waals surface area contributed by atoms with Gasteiger partial charge in [0.25, 0.3) is 5.89 Å². The van der Waals surface area contributed by atoms with Crippen LogP contribution in [0.3, 0.4) is 0 Å². The van der Waals surface area contributed by atoms with Gasteiger partial charge in [-0.05, 0) is 68.8 Å². The fourth-order valence-corrected chi connectivity index (χ4v) is 2.96. The summed E-state index contributed by atoms with van der Waals surface area (Å²) in [7, 11) is 0. The van der Waals surface area contributed by atoms with Crippen molar-refractivity contribution in [1.29, 1.82) is 0 Å². The van der Waals surface area contributed by atoms with E-state index in [2.05, 4.69) is 20.3 Å². The fourth-order valence-electron chi connectivity index (χ4n) is 2.96. The first-order chi connectivity index (χ1) is 19.2. The molecule has 3 aromatic rings. The zero-order valence-corrected chi connectivity index (χ0v) is 16.5. The first-order valence-electron chi connectivity index (χ1n) is 15.2. The van der Waals surface area contributed by atoms with Crippen LogP contribution in [0.1, 0.15) is 67.1 Å². The Morgan fingerprint density at radius 3 is 3.07 bits per heavy atom. The lowest BCUT2D eigenvalue weighted by atomic mass is 10.0. The van der Waals surface area contributed by atoms with Crippen molar-refractivity contribution in [3.8, 4) is 28.6 Å². The van der Waals surface area contributed by atoms with Gasteiger partial charge in [-0.1, -0.05) is 30.2 Å². The second-order valence-corrected chi connectivity index (χ2v) is 6.60. The molecule has 154 valence electrons. The van der Waals surface area contributed by atoms with Gasteiger partial charge in [0, 0.05) is 26.8 Å². The summed E-state index contributed by atoms with van der Waals surface area (Å²) in [5.41, 5.74) is -1.02. The highest BCUT2D eigenvalue weighted by atomic mass is 16.5. The second-order valence-electron chi connectivity index (χ2n) is 6.60. The SMILES string of the molecule is [2H]c1c([2H])c(-c2noc(-c3c([2H])c([2H])c(OC(C)C)c([N+]#[C-])c3[2H])n2)c2c(c1[2H])[C@@H](NC([2H])([2H])C([2H])([2H])C)C([2H])([2H])C2. The lowest BCUT2D eigenvalue weighted by molar-refractivity contribution is 0.244. The number of benzene rings is 2. The Bertz CT molecular complexity index is 1630. The standard InChI is InChI=1S/C24H26N4O2/c1-5-13-26-20-11-10-17-18(20)7-6-8-19(17)23-27-24(30-28-23)16-9-12-22(29-15(2)3)21(14-16)25-4/h6-9,12,14-15,20,26H,5,10-11,13H2,1-3H3/t20-/m0/s1/i5D2,6D,7D,8D,9D,11D2,12D,13D2,14D. The third-order valence-electron chi connectivity index (χ3n) is 4.21. The number of hydrogen-bond donors (Lipinski definition) is 1. The first kappa shape index (κ1) is 10.2. The summed E-state index contributed by atoms with van der Waals surface area (Å²) in [6.07, 6.45) is -5.64. The van der Waals surface area contributed by atoms with Crippen LogP contribution < -0.4 is 10.1 Å². The third-order valence-corrected chi connectivity index (χ3v) is 4.21. The van der Waals surface area contributed by atoms with Gasteiger partial charge < -0.3 is 14.6 Å². The van der Waals surface area contributed by atoms with Crippen LogP contribution in [0.5, 0.6) is 5.75 Å². The van der Waals surface area contributed by atoms with Crippen LogP contribution >= 0.6 is 0 Å². The maximum atomic E-state index is 8.58. The summed E-state index contributed by atoms with van der Waals surface area (Å²) in [6.45, 7) is 9.06. The monoisotopic (exact) mass is 414 g/mol. The van der Waals surface area contributed by atoms with Crippen LogP contribution in [0.4, 0.5) is 5.69 Å². The van der Waals surface area contributed by atoms with Crippen molar-refractivity contribution < 1.29 is 25.7 Å². The summed E-state index contributed by atoms with van der Waals surface area (Å²) < 4.78 is 111. The molecule has 1 heterocycles. The molecular weight excluding hydrogens is 376 g/mol. The molecule has 0 unspecified atom stereocenters. The van der Waals surface area contributed by atoms with Crippen LogP contribution in [0, 0.1) is 6.57 Å². The zero-order valence-electron chi connectivity index (χ0n) is 28.5. The summed E-state index contributed by atoms with van der Waals surface area (Å²) in [5, 5.41) is 6.17. The van der Waals surface area contributed by atoms with Crippen molar-refractivity contribution in [3.63, 3.8) is 0 Å². The van der Waals surface area contributed by atoms with Crippen LogP contribution in [-0.4, -0.2) is 22.7 Å². The average molecular weight is 415 g/mol. The molecule has 0 aliphatic heterocycles. The predicted octanol–water partition coefficient (Wildman–Crippen LogP) is 5.73. The summed E-state index contributed by atoms with van der Waals surface area (Å²) in [4.78, 5) is 7.48. The van der Waals surface area contributed by atoms with E-state index in [1.165, 1.54) is 0 Å². The second kappa shape index (κ2) is 8.68. The van der Waals surface area contributed by atoms with Crippen molar-refractivity contribution in [2.75, 3.05) is 6.50 Å². The maximum Gasteiger partial charge on any atom is 0.256 e. The molecule has 0 saturated carbocycles. The lowest BCUT2D eigenvalue weighted by Crippen LogP contribution is -2.19. The van der Waals surface area contributed by atoms with Gasteiger partial charge in [0.2, 0.25) is 11.5 Å². The summed E-state index contributed by atoms with van der Waals surface area (Å²) in [6, 6.07) is -4.82. The predicted molar refractivity (Wildman–Crippen MR) is 117 cm³/mol. The van der Waals surface area contributed by atoms with Gasteiger partial charge in [0.05, 0.1) is 19.5 Å². The number of nitrogens with one attached hydrogen (secondary N) is 1. The highest BCUT2D eigenvalue weighted by Crippen LogP contribution is 2.38. The molecule has 0 spiro atoms. The Hall–Kier alpha value is -3.17. The minimum absolute atomic E-state index is 0.0178. The number of fused-ring (bicyclic) bond motifs is 1. The van der Waals surface area contributed by atoms with E-state index in [1.54, 1.807) is 13.8 Å². The smallest absolute Gasteiger partial charge is 0.256 e. The average Bonchev–Trinajstić information content (AvgIpc) is 3.43. The van der Waals surface area contributed by atoms with Crippen LogP contribution in [-0.2, 0) is 6.42 Å². The van der Waals surface area contributed by atoms with Gasteiger partial charge >= 0.3 is 0 Å². The number of nitrogens with zero attached hydrogens (tertiary/aromatic N) is 3. The molecule has 1 aliphatic rings. The minimum atomic E-state index is -2.74. The largest absolute Gasteiger partial charge is 0.502 e. The topological polar surface area (TPSA) is 64.5 Å². The molecule has 6 heteroatoms. The molecule has 4 rings (SSSR count). The molecule has 30 heavy (non-hydrogen) atoms. The molecular formula is C24H26N4O2. The maximum absolute atomic E-state index is 8.58. The van der Waals surface area contributed by atoms with Gasteiger partial charge in [-0.2, -0.15) is 4.98 Å². The van der Waals surface area contributed by atoms with Crippen LogP contribution in [0.15, 0.2) is 40.8 Å². The number of rotatable bonds is 7. The molecule has 1 atom stereocenters. The van der Waals surface area contributed by atoms with Crippen molar-refractivity contribution >= 4 is 5.69 Å². The molecule has 0 fully saturated rings. The van der Waals surface area contributed by atoms with E-state index in [0.717, 1.165) is 6.92 Å². The molecule has 1 aliphatic carbocycles. The number of aromatic nitrogens is 2. The highest BCUT2D eigenvalue weighted by Gasteiger charge is 2.26. The number of hydrogen-bond acceptors (Lipinski definition) is 5. The van der Waals surface area contributed by atoms with Crippen molar-refractivity contribution in [3.05, 3.63) is 58.8 Å². The van der Waals surface area contributed by atoms with Crippen molar-refractivity contribution in [2.24, 2.45) is 0 Å². The van der Waals surface area contributed by atoms with Gasteiger partial charge in [0.1, 0.15) is 5.75 Å². The van der Waals surface area contributed by atoms with E-state index in [0.29, 0.717) is 0 Å². The Labute approximate surface area is 193 Å². The van der Waals surface area contributed by atoms with E-state index in [1.807, 2.05) is 0 Å². The van der Waals surface area contributed by atoms with Crippen molar-refractivity contribution in [1.82, 2.24) is 15.5 Å². The van der Waals surface area contributed by atoms with E-state index in [4.69, 9.17) is 32.3 Å². The van der Waals surface area contributed by atoms with Gasteiger partial charge in [0.15, 0.2) is 0 Å². The van der Waals surface area contributed by atoms with E-state index >= 15 is 0 Å². The van der Waals surface area contributed by atoms with Gasteiger partial charge in [-0.25, -0.2) is 4.85 Å². The van der Waals surface area contributed by atoms with Gasteiger partial charge in [-0.3, -0.25) is 0 Å². The highest BCUT2D eigenvalue weighted by molar-refractivity contribution is 5.70. The van der Waals surface area contributed by atoms with Gasteiger partial charge in [-0.15, -0.1) is 0 Å². The molecule has 0 amide bonds. The first-order valence-corrected chi connectivity index (χ1v) is 9.17. The minimum Gasteiger partial charge on any atom is -0.502 e. The molecule has 0 saturated heterocycles. The molecule has 0 radical (unpaired) electrons. The zero-order chi connectivity index (χ0) is 31.7. The Morgan fingerprint density at radius 1 is 1.43 bits per heavy atom. The van der Waals surface area contributed by atoms with Crippen LogP contribution in [0.2, 0.25) is 0 Å². The summed E-state index contributed by atoms with van der Waals surface area (Å²) in [5.74, 6) is -1.04. The van der Waals surface area contributed by atoms with E-state index in [9.17, 15) is 0 Å². The molecule has 1 N–H and O–H groups in total. The normalized spacial score (nSPS) is 23.6. The molecule has 0 bridgehead atoms. The molecule has 6 nitrogen and oxygen atoms in total.